The van der Waals surface area contributed by atoms with E-state index in [0.29, 0.717) is 31.5 Å². The van der Waals surface area contributed by atoms with Crippen molar-refractivity contribution < 1.29 is 14.9 Å². The number of rotatable bonds is 9. The Labute approximate surface area is 123 Å². The molecule has 118 valence electrons. The maximum absolute atomic E-state index is 9.81. The van der Waals surface area contributed by atoms with Gasteiger partial charge in [-0.25, -0.2) is 0 Å². The van der Waals surface area contributed by atoms with E-state index in [9.17, 15) is 10.2 Å². The van der Waals surface area contributed by atoms with Gasteiger partial charge in [-0.2, -0.15) is 0 Å². The average molecular weight is 285 g/mol. The highest BCUT2D eigenvalue weighted by molar-refractivity contribution is 4.93. The van der Waals surface area contributed by atoms with Crippen LogP contribution in [0.2, 0.25) is 0 Å². The van der Waals surface area contributed by atoms with Crippen molar-refractivity contribution in [2.45, 2.75) is 45.8 Å². The predicted octanol–water partition coefficient (Wildman–Crippen LogP) is 1.57. The number of aliphatic hydroxyl groups is 2. The molecule has 0 heterocycles. The van der Waals surface area contributed by atoms with Gasteiger partial charge in [0.05, 0.1) is 25.4 Å². The van der Waals surface area contributed by atoms with Crippen LogP contribution in [0.3, 0.4) is 0 Å². The Hall–Kier alpha value is -0.420. The summed E-state index contributed by atoms with van der Waals surface area (Å²) in [7, 11) is 0. The Morgan fingerprint density at radius 3 is 2.55 bits per heavy atom. The summed E-state index contributed by atoms with van der Waals surface area (Å²) in [5.41, 5.74) is 0. The van der Waals surface area contributed by atoms with Gasteiger partial charge in [0.1, 0.15) is 0 Å². The molecule has 0 aromatic carbocycles. The van der Waals surface area contributed by atoms with Gasteiger partial charge in [-0.1, -0.05) is 32.9 Å². The Morgan fingerprint density at radius 1 is 1.20 bits per heavy atom. The molecule has 0 radical (unpaired) electrons. The largest absolute Gasteiger partial charge is 0.392 e. The minimum absolute atomic E-state index is 0.233. The van der Waals surface area contributed by atoms with Crippen LogP contribution in [0.1, 0.15) is 33.6 Å². The van der Waals surface area contributed by atoms with Crippen LogP contribution in [0.15, 0.2) is 12.2 Å². The summed E-state index contributed by atoms with van der Waals surface area (Å²) in [4.78, 5) is 0. The van der Waals surface area contributed by atoms with Crippen LogP contribution in [0.5, 0.6) is 0 Å². The minimum Gasteiger partial charge on any atom is -0.392 e. The molecular formula is C16H31NO3. The van der Waals surface area contributed by atoms with E-state index in [1.165, 1.54) is 0 Å². The second-order valence-electron chi connectivity index (χ2n) is 6.34. The maximum Gasteiger partial charge on any atom is 0.0897 e. The van der Waals surface area contributed by atoms with Crippen LogP contribution in [-0.2, 0) is 4.74 Å². The lowest BCUT2D eigenvalue weighted by Gasteiger charge is -2.25. The number of nitrogens with one attached hydrogen (secondary N) is 1. The van der Waals surface area contributed by atoms with Crippen LogP contribution < -0.4 is 5.32 Å². The molecule has 1 aliphatic rings. The Morgan fingerprint density at radius 2 is 1.90 bits per heavy atom. The minimum atomic E-state index is -0.510. The van der Waals surface area contributed by atoms with Gasteiger partial charge in [0.2, 0.25) is 0 Å². The van der Waals surface area contributed by atoms with E-state index < -0.39 is 6.10 Å². The predicted molar refractivity (Wildman–Crippen MR) is 81.6 cm³/mol. The number of hydrogen-bond donors (Lipinski definition) is 3. The highest BCUT2D eigenvalue weighted by atomic mass is 16.5. The molecular weight excluding hydrogens is 254 g/mol. The zero-order chi connectivity index (χ0) is 15.0. The number of aliphatic hydroxyl groups excluding tert-OH is 2. The molecule has 0 bridgehead atoms. The van der Waals surface area contributed by atoms with Crippen molar-refractivity contribution >= 4 is 0 Å². The molecule has 0 saturated carbocycles. The summed E-state index contributed by atoms with van der Waals surface area (Å²) < 4.78 is 5.62. The van der Waals surface area contributed by atoms with Gasteiger partial charge in [0.15, 0.2) is 0 Å². The molecule has 0 fully saturated rings. The lowest BCUT2D eigenvalue weighted by Crippen LogP contribution is -2.37. The third-order valence-electron chi connectivity index (χ3n) is 4.06. The van der Waals surface area contributed by atoms with Crippen molar-refractivity contribution in [1.29, 1.82) is 0 Å². The van der Waals surface area contributed by atoms with Crippen LogP contribution in [0.25, 0.3) is 0 Å². The molecule has 0 aromatic rings. The van der Waals surface area contributed by atoms with E-state index in [1.807, 2.05) is 13.8 Å². The second-order valence-corrected chi connectivity index (χ2v) is 6.34. The Kier molecular flexibility index (Phi) is 8.38. The number of ether oxygens (including phenoxy) is 1. The molecule has 0 aliphatic heterocycles. The fraction of sp³-hybridized carbons (Fsp3) is 0.875. The summed E-state index contributed by atoms with van der Waals surface area (Å²) in [5.74, 6) is 1.47. The molecule has 4 unspecified atom stereocenters. The van der Waals surface area contributed by atoms with Crippen molar-refractivity contribution in [2.75, 3.05) is 26.3 Å². The Balaban J connectivity index is 2.05. The monoisotopic (exact) mass is 285 g/mol. The van der Waals surface area contributed by atoms with E-state index >= 15 is 0 Å². The highest BCUT2D eigenvalue weighted by Gasteiger charge is 2.18. The van der Waals surface area contributed by atoms with Gasteiger partial charge in [0.25, 0.3) is 0 Å². The van der Waals surface area contributed by atoms with Gasteiger partial charge in [-0.15, -0.1) is 0 Å². The summed E-state index contributed by atoms with van der Waals surface area (Å²) in [5, 5.41) is 22.5. The van der Waals surface area contributed by atoms with Gasteiger partial charge >= 0.3 is 0 Å². The lowest BCUT2D eigenvalue weighted by atomic mass is 9.85. The third-order valence-corrected chi connectivity index (χ3v) is 4.06. The van der Waals surface area contributed by atoms with Crippen LogP contribution in [-0.4, -0.2) is 48.7 Å². The molecule has 3 N–H and O–H groups in total. The van der Waals surface area contributed by atoms with Crippen molar-refractivity contribution in [3.8, 4) is 0 Å². The molecule has 1 rings (SSSR count). The second kappa shape index (κ2) is 9.50. The summed E-state index contributed by atoms with van der Waals surface area (Å²) >= 11 is 0. The highest BCUT2D eigenvalue weighted by Crippen LogP contribution is 2.24. The fourth-order valence-corrected chi connectivity index (χ4v) is 2.29. The lowest BCUT2D eigenvalue weighted by molar-refractivity contribution is 0.0112. The zero-order valence-electron chi connectivity index (χ0n) is 13.1. The fourth-order valence-electron chi connectivity index (χ4n) is 2.29. The molecule has 0 aromatic heterocycles. The first kappa shape index (κ1) is 17.6. The van der Waals surface area contributed by atoms with Crippen LogP contribution >= 0.6 is 0 Å². The number of allylic oxidation sites excluding steroid dienone is 2. The van der Waals surface area contributed by atoms with Gasteiger partial charge < -0.3 is 20.3 Å². The SMILES string of the molecule is CC(C)C(O)CNCC(O)COCC1CC=CCC1C. The molecule has 4 atom stereocenters. The van der Waals surface area contributed by atoms with Gasteiger partial charge in [-0.05, 0) is 30.6 Å². The normalized spacial score (nSPS) is 25.9. The summed E-state index contributed by atoms with van der Waals surface area (Å²) in [6.07, 6.45) is 5.79. The van der Waals surface area contributed by atoms with E-state index in [2.05, 4.69) is 24.4 Å². The van der Waals surface area contributed by atoms with Crippen molar-refractivity contribution in [2.24, 2.45) is 17.8 Å². The standard InChI is InChI=1S/C16H31NO3/c1-12(2)16(19)9-17-8-15(18)11-20-10-14-7-5-4-6-13(14)3/h4-5,12-19H,6-11H2,1-3H3. The molecule has 4 nitrogen and oxygen atoms in total. The van der Waals surface area contributed by atoms with E-state index in [1.54, 1.807) is 0 Å². The molecule has 0 amide bonds. The summed E-state index contributed by atoms with van der Waals surface area (Å²) in [6.45, 7) is 8.26. The van der Waals surface area contributed by atoms with Crippen molar-refractivity contribution in [3.63, 3.8) is 0 Å². The van der Waals surface area contributed by atoms with Crippen molar-refractivity contribution in [1.82, 2.24) is 5.32 Å². The Bertz CT molecular complexity index is 281. The van der Waals surface area contributed by atoms with Crippen LogP contribution in [0.4, 0.5) is 0 Å². The molecule has 4 heteroatoms. The maximum atomic E-state index is 9.81. The first-order valence-electron chi connectivity index (χ1n) is 7.80. The molecule has 0 saturated heterocycles. The topological polar surface area (TPSA) is 61.7 Å². The van der Waals surface area contributed by atoms with Gasteiger partial charge in [-0.3, -0.25) is 0 Å². The summed E-state index contributed by atoms with van der Waals surface area (Å²) in [6, 6.07) is 0. The van der Waals surface area contributed by atoms with Crippen LogP contribution in [0, 0.1) is 17.8 Å². The van der Waals surface area contributed by atoms with E-state index in [0.717, 1.165) is 19.4 Å². The molecule has 0 spiro atoms. The average Bonchev–Trinajstić information content (AvgIpc) is 2.40. The van der Waals surface area contributed by atoms with Crippen molar-refractivity contribution in [3.05, 3.63) is 12.2 Å². The van der Waals surface area contributed by atoms with Gasteiger partial charge in [0, 0.05) is 13.1 Å². The third kappa shape index (κ3) is 6.84. The molecule has 1 aliphatic carbocycles. The first-order valence-corrected chi connectivity index (χ1v) is 7.80. The zero-order valence-corrected chi connectivity index (χ0v) is 13.1. The molecule has 20 heavy (non-hydrogen) atoms. The first-order chi connectivity index (χ1) is 9.50. The van der Waals surface area contributed by atoms with E-state index in [4.69, 9.17) is 4.74 Å². The number of hydrogen-bond acceptors (Lipinski definition) is 4. The van der Waals surface area contributed by atoms with E-state index in [-0.39, 0.29) is 12.0 Å². The quantitative estimate of drug-likeness (QED) is 0.563. The smallest absolute Gasteiger partial charge is 0.0897 e.